The van der Waals surface area contributed by atoms with Gasteiger partial charge in [0.05, 0.1) is 11.8 Å². The molecular weight excluding hydrogens is 286 g/mol. The lowest BCUT2D eigenvalue weighted by molar-refractivity contribution is 0.351. The van der Waals surface area contributed by atoms with Crippen LogP contribution in [0.1, 0.15) is 37.2 Å². The van der Waals surface area contributed by atoms with Crippen molar-refractivity contribution < 1.29 is 9.63 Å². The predicted molar refractivity (Wildman–Crippen MR) is 84.0 cm³/mol. The number of hydrogen-bond donors (Lipinski definition) is 2. The highest BCUT2D eigenvalue weighted by molar-refractivity contribution is 7.98. The van der Waals surface area contributed by atoms with Crippen LogP contribution in [0, 0.1) is 5.92 Å². The van der Waals surface area contributed by atoms with E-state index in [0.29, 0.717) is 24.1 Å². The molecule has 0 amide bonds. The van der Waals surface area contributed by atoms with Crippen LogP contribution >= 0.6 is 11.8 Å². The molecule has 21 heavy (non-hydrogen) atoms. The van der Waals surface area contributed by atoms with Crippen LogP contribution in [0.25, 0.3) is 0 Å². The number of thioether (sulfide) groups is 1. The molecule has 0 bridgehead atoms. The normalized spacial score (nSPS) is 12.8. The van der Waals surface area contributed by atoms with Crippen molar-refractivity contribution >= 4 is 11.8 Å². The Hall–Kier alpha value is -1.53. The first-order chi connectivity index (χ1) is 10.0. The summed E-state index contributed by atoms with van der Waals surface area (Å²) in [5.74, 6) is 3.87. The molecule has 3 N–H and O–H groups in total. The van der Waals surface area contributed by atoms with Crippen molar-refractivity contribution in [3.8, 4) is 5.75 Å². The third kappa shape index (κ3) is 5.06. The summed E-state index contributed by atoms with van der Waals surface area (Å²) in [6, 6.07) is 6.63. The molecule has 0 unspecified atom stereocenters. The number of benzene rings is 1. The molecule has 0 fully saturated rings. The number of aromatic nitrogens is 2. The summed E-state index contributed by atoms with van der Waals surface area (Å²) in [5, 5.41) is 13.2. The summed E-state index contributed by atoms with van der Waals surface area (Å²) in [7, 11) is 0. The largest absolute Gasteiger partial charge is 0.508 e. The molecule has 114 valence electrons. The van der Waals surface area contributed by atoms with E-state index in [1.165, 1.54) is 0 Å². The van der Waals surface area contributed by atoms with Gasteiger partial charge in [0.2, 0.25) is 5.89 Å². The van der Waals surface area contributed by atoms with Gasteiger partial charge >= 0.3 is 0 Å². The molecule has 1 aromatic heterocycles. The topological polar surface area (TPSA) is 85.2 Å². The zero-order chi connectivity index (χ0) is 15.2. The van der Waals surface area contributed by atoms with Crippen LogP contribution in [0.4, 0.5) is 0 Å². The van der Waals surface area contributed by atoms with Gasteiger partial charge < -0.3 is 15.4 Å². The summed E-state index contributed by atoms with van der Waals surface area (Å²) < 4.78 is 5.23. The molecule has 1 aromatic carbocycles. The first-order valence-corrected chi connectivity index (χ1v) is 8.13. The quantitative estimate of drug-likeness (QED) is 0.818. The van der Waals surface area contributed by atoms with Crippen LogP contribution in [-0.2, 0) is 12.2 Å². The molecule has 5 nitrogen and oxygen atoms in total. The second kappa shape index (κ2) is 7.47. The minimum atomic E-state index is -0.328. The maximum atomic E-state index is 9.26. The van der Waals surface area contributed by atoms with Crippen LogP contribution in [0.2, 0.25) is 0 Å². The summed E-state index contributed by atoms with van der Waals surface area (Å²) in [4.78, 5) is 4.35. The number of hydrogen-bond acceptors (Lipinski definition) is 6. The van der Waals surface area contributed by atoms with Gasteiger partial charge in [-0.1, -0.05) is 31.1 Å². The van der Waals surface area contributed by atoms with Gasteiger partial charge in [0.15, 0.2) is 5.82 Å². The fourth-order valence-electron chi connectivity index (χ4n) is 1.84. The number of phenolic OH excluding ortho intramolecular Hbond substituents is 1. The number of aromatic hydroxyl groups is 1. The highest BCUT2D eigenvalue weighted by atomic mass is 32.2. The van der Waals surface area contributed by atoms with Crippen molar-refractivity contribution in [2.75, 3.05) is 5.75 Å². The SMILES string of the molecule is CC(C)CSCc1noc([C@H](N)Cc2ccc(O)cc2)n1. The van der Waals surface area contributed by atoms with Crippen molar-refractivity contribution in [3.05, 3.63) is 41.5 Å². The molecule has 6 heteroatoms. The molecule has 0 saturated heterocycles. The first kappa shape index (κ1) is 15.9. The van der Waals surface area contributed by atoms with Gasteiger partial charge in [-0.05, 0) is 35.8 Å². The molecule has 0 aliphatic heterocycles. The Morgan fingerprint density at radius 1 is 1.29 bits per heavy atom. The van der Waals surface area contributed by atoms with E-state index in [-0.39, 0.29) is 11.8 Å². The van der Waals surface area contributed by atoms with Crippen LogP contribution in [0.5, 0.6) is 5.75 Å². The third-order valence-electron chi connectivity index (χ3n) is 2.88. The Morgan fingerprint density at radius 3 is 2.67 bits per heavy atom. The number of rotatable bonds is 7. The second-order valence-electron chi connectivity index (χ2n) is 5.43. The fourth-order valence-corrected chi connectivity index (χ4v) is 2.72. The summed E-state index contributed by atoms with van der Waals surface area (Å²) >= 11 is 1.79. The second-order valence-corrected chi connectivity index (χ2v) is 6.47. The van der Waals surface area contributed by atoms with Crippen LogP contribution in [0.15, 0.2) is 28.8 Å². The highest BCUT2D eigenvalue weighted by Gasteiger charge is 2.15. The lowest BCUT2D eigenvalue weighted by Crippen LogP contribution is -2.13. The van der Waals surface area contributed by atoms with Crippen LogP contribution in [0.3, 0.4) is 0 Å². The van der Waals surface area contributed by atoms with E-state index in [4.69, 9.17) is 10.3 Å². The van der Waals surface area contributed by atoms with Crippen molar-refractivity contribution in [1.29, 1.82) is 0 Å². The van der Waals surface area contributed by atoms with Gasteiger partial charge in [0, 0.05) is 0 Å². The van der Waals surface area contributed by atoms with Crippen molar-refractivity contribution in [2.45, 2.75) is 32.1 Å². The summed E-state index contributed by atoms with van der Waals surface area (Å²) in [6.07, 6.45) is 0.598. The van der Waals surface area contributed by atoms with Crippen molar-refractivity contribution in [1.82, 2.24) is 10.1 Å². The minimum absolute atomic E-state index is 0.245. The summed E-state index contributed by atoms with van der Waals surface area (Å²) in [6.45, 7) is 4.37. The van der Waals surface area contributed by atoms with E-state index < -0.39 is 0 Å². The Morgan fingerprint density at radius 2 is 2.00 bits per heavy atom. The molecule has 0 spiro atoms. The van der Waals surface area contributed by atoms with E-state index in [1.54, 1.807) is 23.9 Å². The molecule has 1 atom stereocenters. The third-order valence-corrected chi connectivity index (χ3v) is 4.24. The van der Waals surface area contributed by atoms with Gasteiger partial charge in [-0.2, -0.15) is 16.7 Å². The fraction of sp³-hybridized carbons (Fsp3) is 0.467. The standard InChI is InChI=1S/C15H21N3O2S/c1-10(2)8-21-9-14-17-15(20-18-14)13(16)7-11-3-5-12(19)6-4-11/h3-6,10,13,19H,7-9,16H2,1-2H3/t13-/m1/s1. The zero-order valence-electron chi connectivity index (χ0n) is 12.3. The van der Waals surface area contributed by atoms with Crippen molar-refractivity contribution in [3.63, 3.8) is 0 Å². The Balaban J connectivity index is 1.89. The number of nitrogens with two attached hydrogens (primary N) is 1. The van der Waals surface area contributed by atoms with Crippen LogP contribution in [-0.4, -0.2) is 21.0 Å². The van der Waals surface area contributed by atoms with Gasteiger partial charge in [-0.3, -0.25) is 0 Å². The smallest absolute Gasteiger partial charge is 0.243 e. The van der Waals surface area contributed by atoms with E-state index in [2.05, 4.69) is 24.0 Å². The van der Waals surface area contributed by atoms with Gasteiger partial charge in [-0.25, -0.2) is 0 Å². The molecule has 0 saturated carbocycles. The minimum Gasteiger partial charge on any atom is -0.508 e. The first-order valence-electron chi connectivity index (χ1n) is 6.98. The predicted octanol–water partition coefficient (Wildman–Crippen LogP) is 2.91. The number of nitrogens with zero attached hydrogens (tertiary/aromatic N) is 2. The van der Waals surface area contributed by atoms with E-state index in [0.717, 1.165) is 17.1 Å². The molecule has 2 aromatic rings. The van der Waals surface area contributed by atoms with E-state index >= 15 is 0 Å². The van der Waals surface area contributed by atoms with Gasteiger partial charge in [-0.15, -0.1) is 0 Å². The molecule has 2 rings (SSSR count). The maximum absolute atomic E-state index is 9.26. The maximum Gasteiger partial charge on any atom is 0.243 e. The average molecular weight is 307 g/mol. The van der Waals surface area contributed by atoms with E-state index in [9.17, 15) is 5.11 Å². The van der Waals surface area contributed by atoms with Crippen LogP contribution < -0.4 is 5.73 Å². The van der Waals surface area contributed by atoms with Crippen molar-refractivity contribution in [2.24, 2.45) is 11.7 Å². The molecule has 0 radical (unpaired) electrons. The zero-order valence-corrected chi connectivity index (χ0v) is 13.1. The van der Waals surface area contributed by atoms with Gasteiger partial charge in [0.1, 0.15) is 5.75 Å². The lowest BCUT2D eigenvalue weighted by Gasteiger charge is -2.06. The Bertz CT molecular complexity index is 554. The Kier molecular flexibility index (Phi) is 5.64. The highest BCUT2D eigenvalue weighted by Crippen LogP contribution is 2.18. The molecule has 0 aliphatic carbocycles. The molecule has 0 aliphatic rings. The lowest BCUT2D eigenvalue weighted by atomic mass is 10.1. The van der Waals surface area contributed by atoms with Gasteiger partial charge in [0.25, 0.3) is 0 Å². The Labute approximate surface area is 128 Å². The van der Waals surface area contributed by atoms with E-state index in [1.807, 2.05) is 12.1 Å². The monoisotopic (exact) mass is 307 g/mol. The number of phenols is 1. The molecule has 1 heterocycles. The summed E-state index contributed by atoms with van der Waals surface area (Å²) in [5.41, 5.74) is 7.11. The average Bonchev–Trinajstić information content (AvgIpc) is 2.90. The molecular formula is C15H21N3O2S.